The number of hydrogen-bond acceptors (Lipinski definition) is 4. The number of aryl methyl sites for hydroxylation is 1. The Morgan fingerprint density at radius 2 is 1.88 bits per heavy atom. The van der Waals surface area contributed by atoms with Gasteiger partial charge in [-0.2, -0.15) is 5.10 Å². The third kappa shape index (κ3) is 3.85. The van der Waals surface area contributed by atoms with Crippen LogP contribution in [0.3, 0.4) is 0 Å². The van der Waals surface area contributed by atoms with Crippen molar-refractivity contribution < 1.29 is 9.47 Å². The van der Waals surface area contributed by atoms with Crippen LogP contribution in [-0.2, 0) is 0 Å². The van der Waals surface area contributed by atoms with Crippen molar-refractivity contribution in [2.45, 2.75) is 25.6 Å². The van der Waals surface area contributed by atoms with Gasteiger partial charge in [-0.1, -0.05) is 65.7 Å². The van der Waals surface area contributed by atoms with Crippen molar-refractivity contribution in [3.8, 4) is 11.5 Å². The lowest BCUT2D eigenvalue weighted by atomic mass is 9.95. The van der Waals surface area contributed by atoms with Crippen molar-refractivity contribution in [2.24, 2.45) is 5.10 Å². The molecule has 5 rings (SSSR count). The van der Waals surface area contributed by atoms with Gasteiger partial charge in [-0.25, -0.2) is 5.01 Å². The zero-order chi connectivity index (χ0) is 22.2. The maximum atomic E-state index is 6.55. The predicted octanol–water partition coefficient (Wildman–Crippen LogP) is 7.11. The van der Waals surface area contributed by atoms with Gasteiger partial charge in [0.1, 0.15) is 18.1 Å². The van der Waals surface area contributed by atoms with E-state index in [4.69, 9.17) is 37.8 Å². The van der Waals surface area contributed by atoms with Crippen LogP contribution in [0.5, 0.6) is 11.5 Å². The Morgan fingerprint density at radius 3 is 2.59 bits per heavy atom. The molecule has 0 N–H and O–H groups in total. The van der Waals surface area contributed by atoms with Crippen molar-refractivity contribution in [3.63, 3.8) is 0 Å². The molecule has 0 aliphatic carbocycles. The molecule has 0 saturated carbocycles. The molecule has 2 aliphatic rings. The number of rotatable bonds is 5. The molecule has 0 fully saturated rings. The summed E-state index contributed by atoms with van der Waals surface area (Å²) in [5.74, 6) is 1.44. The molecule has 0 radical (unpaired) electrons. The van der Waals surface area contributed by atoms with Crippen molar-refractivity contribution in [1.29, 1.82) is 0 Å². The largest absolute Gasteiger partial charge is 0.490 e. The molecule has 3 aromatic rings. The topological polar surface area (TPSA) is 34.1 Å². The minimum Gasteiger partial charge on any atom is -0.490 e. The van der Waals surface area contributed by atoms with Crippen molar-refractivity contribution in [1.82, 2.24) is 5.01 Å². The highest BCUT2D eigenvalue weighted by molar-refractivity contribution is 6.35. The lowest BCUT2D eigenvalue weighted by Crippen LogP contribution is -2.33. The van der Waals surface area contributed by atoms with E-state index in [0.29, 0.717) is 22.4 Å². The van der Waals surface area contributed by atoms with Gasteiger partial charge in [0.05, 0.1) is 16.8 Å². The van der Waals surface area contributed by atoms with Crippen LogP contribution in [0.2, 0.25) is 10.0 Å². The monoisotopic (exact) mass is 464 g/mol. The van der Waals surface area contributed by atoms with Gasteiger partial charge in [-0.3, -0.25) is 0 Å². The molecule has 0 unspecified atom stereocenters. The second kappa shape index (κ2) is 8.53. The Labute approximate surface area is 197 Å². The Morgan fingerprint density at radius 1 is 1.12 bits per heavy atom. The maximum Gasteiger partial charge on any atom is 0.213 e. The van der Waals surface area contributed by atoms with Crippen LogP contribution in [0.4, 0.5) is 0 Å². The Hall–Kier alpha value is -2.95. The van der Waals surface area contributed by atoms with Crippen molar-refractivity contribution >= 4 is 28.9 Å². The van der Waals surface area contributed by atoms with Crippen molar-refractivity contribution in [2.75, 3.05) is 6.61 Å². The first-order chi connectivity index (χ1) is 15.5. The average molecular weight is 465 g/mol. The molecule has 0 saturated heterocycles. The van der Waals surface area contributed by atoms with Crippen LogP contribution < -0.4 is 9.47 Å². The van der Waals surface area contributed by atoms with Gasteiger partial charge >= 0.3 is 0 Å². The fourth-order valence-corrected chi connectivity index (χ4v) is 4.69. The van der Waals surface area contributed by atoms with Gasteiger partial charge in [-0.05, 0) is 48.9 Å². The molecule has 162 valence electrons. The summed E-state index contributed by atoms with van der Waals surface area (Å²) in [6.45, 7) is 6.23. The number of hydrazone groups is 1. The van der Waals surface area contributed by atoms with Crippen LogP contribution in [0.15, 0.2) is 78.4 Å². The fraction of sp³-hybridized carbons (Fsp3) is 0.192. The van der Waals surface area contributed by atoms with Gasteiger partial charge in [-0.15, -0.1) is 0 Å². The van der Waals surface area contributed by atoms with Crippen LogP contribution in [-0.4, -0.2) is 17.3 Å². The van der Waals surface area contributed by atoms with Gasteiger partial charge < -0.3 is 9.47 Å². The van der Waals surface area contributed by atoms with Gasteiger partial charge in [0.2, 0.25) is 6.23 Å². The van der Waals surface area contributed by atoms with Gasteiger partial charge in [0, 0.05) is 22.6 Å². The maximum absolute atomic E-state index is 6.55. The van der Waals surface area contributed by atoms with E-state index >= 15 is 0 Å². The van der Waals surface area contributed by atoms with Crippen molar-refractivity contribution in [3.05, 3.63) is 106 Å². The van der Waals surface area contributed by atoms with Crippen LogP contribution in [0.1, 0.15) is 40.9 Å². The second-order valence-electron chi connectivity index (χ2n) is 7.96. The van der Waals surface area contributed by atoms with E-state index in [-0.39, 0.29) is 6.04 Å². The summed E-state index contributed by atoms with van der Waals surface area (Å²) in [4.78, 5) is 0. The van der Waals surface area contributed by atoms with E-state index in [1.807, 2.05) is 35.3 Å². The summed E-state index contributed by atoms with van der Waals surface area (Å²) in [5, 5.41) is 8.10. The van der Waals surface area contributed by atoms with E-state index in [0.717, 1.165) is 34.6 Å². The lowest BCUT2D eigenvalue weighted by molar-refractivity contribution is -0.0189. The first kappa shape index (κ1) is 20.9. The van der Waals surface area contributed by atoms with Gasteiger partial charge in [0.25, 0.3) is 0 Å². The highest BCUT2D eigenvalue weighted by Crippen LogP contribution is 2.50. The molecule has 32 heavy (non-hydrogen) atoms. The zero-order valence-electron chi connectivity index (χ0n) is 17.6. The number of ether oxygens (including phenoxy) is 2. The first-order valence-corrected chi connectivity index (χ1v) is 11.2. The lowest BCUT2D eigenvalue weighted by Gasteiger charge is -2.38. The summed E-state index contributed by atoms with van der Waals surface area (Å²) >= 11 is 12.9. The molecular formula is C26H22Cl2N2O2. The van der Waals surface area contributed by atoms with Crippen LogP contribution in [0.25, 0.3) is 0 Å². The number of benzene rings is 3. The smallest absolute Gasteiger partial charge is 0.213 e. The molecule has 0 spiro atoms. The highest BCUT2D eigenvalue weighted by Gasteiger charge is 2.42. The standard InChI is InChI=1S/C26H22Cl2N2O2/c1-3-12-31-20-10-8-18(9-11-20)26-30-24(21-13-19(27)14-22(28)25(21)32-26)15-23(29-30)17-6-4-16(2)5-7-17/h3-11,13-14,24,26H,1,12,15H2,2H3/t24-,26+/m1/s1. The fourth-order valence-electron chi connectivity index (χ4n) is 4.14. The third-order valence-corrected chi connectivity index (χ3v) is 6.22. The molecule has 0 aromatic heterocycles. The SMILES string of the molecule is C=CCOc1ccc([C@@H]2Oc3c(Cl)cc(Cl)cc3[C@H]3CC(c4ccc(C)cc4)=NN32)cc1. The average Bonchev–Trinajstić information content (AvgIpc) is 3.24. The number of halogens is 2. The molecule has 2 atom stereocenters. The highest BCUT2D eigenvalue weighted by atomic mass is 35.5. The summed E-state index contributed by atoms with van der Waals surface area (Å²) in [6, 6.07) is 19.9. The van der Waals surface area contributed by atoms with Crippen LogP contribution in [0, 0.1) is 6.92 Å². The second-order valence-corrected chi connectivity index (χ2v) is 8.80. The van der Waals surface area contributed by atoms with E-state index in [1.54, 1.807) is 12.1 Å². The van der Waals surface area contributed by atoms with Gasteiger partial charge in [0.15, 0.2) is 0 Å². The Kier molecular flexibility index (Phi) is 5.58. The third-order valence-electron chi connectivity index (χ3n) is 5.73. The number of hydrogen-bond donors (Lipinski definition) is 0. The molecule has 0 amide bonds. The molecule has 2 aliphatic heterocycles. The molecule has 2 heterocycles. The summed E-state index contributed by atoms with van der Waals surface area (Å²) in [7, 11) is 0. The minimum absolute atomic E-state index is 0.0204. The number of fused-ring (bicyclic) bond motifs is 3. The van der Waals surface area contributed by atoms with E-state index in [1.165, 1.54) is 5.56 Å². The molecule has 0 bridgehead atoms. The predicted molar refractivity (Wildman–Crippen MR) is 129 cm³/mol. The quantitative estimate of drug-likeness (QED) is 0.377. The molecular weight excluding hydrogens is 443 g/mol. The normalized spacial score (nSPS) is 19.0. The molecule has 6 heteroatoms. The molecule has 3 aromatic carbocycles. The Bertz CT molecular complexity index is 1190. The first-order valence-electron chi connectivity index (χ1n) is 10.5. The van der Waals surface area contributed by atoms with E-state index in [2.05, 4.69) is 37.8 Å². The van der Waals surface area contributed by atoms with E-state index < -0.39 is 6.23 Å². The zero-order valence-corrected chi connectivity index (χ0v) is 19.1. The minimum atomic E-state index is -0.414. The Balaban J connectivity index is 1.55. The summed E-state index contributed by atoms with van der Waals surface area (Å²) < 4.78 is 12.0. The number of nitrogens with zero attached hydrogens (tertiary/aromatic N) is 2. The molecule has 4 nitrogen and oxygen atoms in total. The summed E-state index contributed by atoms with van der Waals surface area (Å²) in [6.07, 6.45) is 2.05. The van der Waals surface area contributed by atoms with E-state index in [9.17, 15) is 0 Å². The van der Waals surface area contributed by atoms with Crippen LogP contribution >= 0.6 is 23.2 Å². The summed E-state index contributed by atoms with van der Waals surface area (Å²) in [5.41, 5.74) is 5.25.